The zero-order valence-electron chi connectivity index (χ0n) is 31.6. The number of rotatable bonds is 3. The van der Waals surface area contributed by atoms with E-state index in [1.165, 1.54) is 77.0 Å². The van der Waals surface area contributed by atoms with Crippen LogP contribution in [-0.2, 0) is 10.8 Å². The van der Waals surface area contributed by atoms with Crippen LogP contribution in [0, 0.1) is 6.92 Å². The summed E-state index contributed by atoms with van der Waals surface area (Å²) in [5, 5.41) is 11.2. The largest absolute Gasteiger partial charge is 0.456 e. The number of hydrogen-bond acceptors (Lipinski definition) is 2. The fraction of sp³-hybridized carbons (Fsp3) is 0.184. The number of benzene rings is 7. The Balaban J connectivity index is 1.29. The average Bonchev–Trinajstić information content (AvgIpc) is 3.67. The molecule has 0 amide bonds. The first-order valence-corrected chi connectivity index (χ1v) is 18.9. The van der Waals surface area contributed by atoms with Crippen molar-refractivity contribution in [3.63, 3.8) is 0 Å². The highest BCUT2D eigenvalue weighted by molar-refractivity contribution is 6.73. The third-order valence-corrected chi connectivity index (χ3v) is 11.6. The molecule has 0 radical (unpaired) electrons. The maximum absolute atomic E-state index is 6.48. The molecule has 0 saturated carbocycles. The smallest absolute Gasteiger partial charge is 0.198 e. The van der Waals surface area contributed by atoms with Crippen LogP contribution in [0.25, 0.3) is 71.3 Å². The Hall–Kier alpha value is -5.74. The van der Waals surface area contributed by atoms with Gasteiger partial charge in [0, 0.05) is 49.7 Å². The summed E-state index contributed by atoms with van der Waals surface area (Å²) in [6.07, 6.45) is 0. The van der Waals surface area contributed by atoms with E-state index in [9.17, 15) is 0 Å². The summed E-state index contributed by atoms with van der Waals surface area (Å²) in [6.45, 7) is 16.0. The molecule has 0 aliphatic carbocycles. The van der Waals surface area contributed by atoms with Crippen molar-refractivity contribution in [2.24, 2.45) is 0 Å². The molecule has 1 aliphatic rings. The van der Waals surface area contributed by atoms with Crippen molar-refractivity contribution in [3.05, 3.63) is 138 Å². The Kier molecular flexibility index (Phi) is 6.71. The van der Waals surface area contributed by atoms with E-state index >= 15 is 0 Å². The number of nitrogens with zero attached hydrogens (tertiary/aromatic N) is 1. The van der Waals surface area contributed by atoms with Crippen LogP contribution >= 0.6 is 0 Å². The molecule has 0 atom stereocenters. The van der Waals surface area contributed by atoms with Gasteiger partial charge in [-0.2, -0.15) is 0 Å². The first-order valence-electron chi connectivity index (χ1n) is 18.9. The topological polar surface area (TPSA) is 30.1 Å². The number of para-hydroxylation sites is 1. The summed E-state index contributed by atoms with van der Waals surface area (Å²) >= 11 is 0. The summed E-state index contributed by atoms with van der Waals surface area (Å²) in [7, 11) is 0.851. The van der Waals surface area contributed by atoms with Crippen molar-refractivity contribution in [2.75, 3.05) is 5.32 Å². The number of nitrogens with one attached hydrogen (secondary N) is 1. The van der Waals surface area contributed by atoms with Gasteiger partial charge in [0.25, 0.3) is 0 Å². The van der Waals surface area contributed by atoms with E-state index < -0.39 is 0 Å². The molecule has 0 saturated heterocycles. The van der Waals surface area contributed by atoms with E-state index in [-0.39, 0.29) is 10.8 Å². The third kappa shape index (κ3) is 4.88. The van der Waals surface area contributed by atoms with Crippen molar-refractivity contribution >= 4 is 84.1 Å². The van der Waals surface area contributed by atoms with Crippen LogP contribution in [0.3, 0.4) is 0 Å². The standard InChI is InChI=1S/C49H43BN2O/c1-28-24-37(45-33-13-9-8-12-29(33)16-22-39(45)51-32-20-17-30(18-21-32)48(2,3)4)46-47-44(28)36-27-43-35(34-14-10-11-15-42(34)53-43)26-41(36)52(47)40-23-19-31(49(5,6)7)25-38(40)50-46/h8-27,50-51H,1-7H3. The van der Waals surface area contributed by atoms with Crippen LogP contribution in [0.4, 0.5) is 11.4 Å². The first-order chi connectivity index (χ1) is 25.4. The molecule has 258 valence electrons. The molecule has 2 aromatic heterocycles. The number of aryl methyl sites for hydroxylation is 1. The van der Waals surface area contributed by atoms with Gasteiger partial charge in [0.2, 0.25) is 0 Å². The lowest BCUT2D eigenvalue weighted by molar-refractivity contribution is 0.590. The second-order valence-electron chi connectivity index (χ2n) is 17.2. The Morgan fingerprint density at radius 3 is 2.11 bits per heavy atom. The normalized spacial score (nSPS) is 13.0. The number of hydrogen-bond donors (Lipinski definition) is 1. The van der Waals surface area contributed by atoms with Gasteiger partial charge >= 0.3 is 0 Å². The van der Waals surface area contributed by atoms with Gasteiger partial charge in [0.1, 0.15) is 11.2 Å². The third-order valence-electron chi connectivity index (χ3n) is 11.6. The SMILES string of the molecule is Cc1cc(-c2c(Nc3ccc(C(C)(C)C)cc3)ccc3ccccc23)c2c3c1c1cc4oc5ccccc5c4cc1n3-c1ccc(C(C)(C)C)cc1B2. The Bertz CT molecular complexity index is 2970. The van der Waals surface area contributed by atoms with E-state index in [1.807, 2.05) is 0 Å². The lowest BCUT2D eigenvalue weighted by Gasteiger charge is -2.27. The molecular formula is C49H43BN2O. The molecule has 0 unspecified atom stereocenters. The molecular weight excluding hydrogens is 643 g/mol. The van der Waals surface area contributed by atoms with E-state index in [2.05, 4.69) is 180 Å². The van der Waals surface area contributed by atoms with Gasteiger partial charge in [-0.05, 0) is 98.7 Å². The quantitative estimate of drug-likeness (QED) is 0.188. The molecule has 7 aromatic carbocycles. The van der Waals surface area contributed by atoms with Crippen LogP contribution in [0.5, 0.6) is 0 Å². The summed E-state index contributed by atoms with van der Waals surface area (Å²) < 4.78 is 9.04. The van der Waals surface area contributed by atoms with E-state index in [0.717, 1.165) is 40.6 Å². The van der Waals surface area contributed by atoms with Gasteiger partial charge in [-0.15, -0.1) is 0 Å². The molecule has 1 aliphatic heterocycles. The number of furan rings is 1. The zero-order chi connectivity index (χ0) is 36.4. The van der Waals surface area contributed by atoms with Gasteiger partial charge < -0.3 is 14.3 Å². The van der Waals surface area contributed by atoms with Crippen LogP contribution in [-0.4, -0.2) is 11.8 Å². The molecule has 53 heavy (non-hydrogen) atoms. The van der Waals surface area contributed by atoms with Crippen molar-refractivity contribution in [3.8, 4) is 16.8 Å². The molecule has 9 aromatic rings. The predicted molar refractivity (Wildman–Crippen MR) is 229 cm³/mol. The fourth-order valence-electron chi connectivity index (χ4n) is 8.82. The molecule has 3 heterocycles. The van der Waals surface area contributed by atoms with Crippen LogP contribution in [0.15, 0.2) is 126 Å². The Morgan fingerprint density at radius 1 is 0.623 bits per heavy atom. The van der Waals surface area contributed by atoms with E-state index in [1.54, 1.807) is 0 Å². The second kappa shape index (κ2) is 11.1. The highest BCUT2D eigenvalue weighted by Gasteiger charge is 2.30. The molecule has 0 bridgehead atoms. The van der Waals surface area contributed by atoms with Gasteiger partial charge in [-0.3, -0.25) is 0 Å². The van der Waals surface area contributed by atoms with Crippen LogP contribution < -0.4 is 16.2 Å². The van der Waals surface area contributed by atoms with E-state index in [4.69, 9.17) is 4.42 Å². The first kappa shape index (κ1) is 32.0. The van der Waals surface area contributed by atoms with Crippen molar-refractivity contribution < 1.29 is 4.42 Å². The second-order valence-corrected chi connectivity index (χ2v) is 17.2. The molecule has 4 heteroatoms. The van der Waals surface area contributed by atoms with Gasteiger partial charge in [0.05, 0.1) is 5.52 Å². The zero-order valence-corrected chi connectivity index (χ0v) is 31.6. The molecule has 0 spiro atoms. The maximum Gasteiger partial charge on any atom is 0.198 e. The molecule has 10 rings (SSSR count). The fourth-order valence-corrected chi connectivity index (χ4v) is 8.82. The number of aromatic nitrogens is 1. The molecule has 1 N–H and O–H groups in total. The van der Waals surface area contributed by atoms with Gasteiger partial charge in [-0.25, -0.2) is 0 Å². The lowest BCUT2D eigenvalue weighted by Crippen LogP contribution is -2.38. The summed E-state index contributed by atoms with van der Waals surface area (Å²) in [5.41, 5.74) is 17.2. The Labute approximate surface area is 311 Å². The summed E-state index contributed by atoms with van der Waals surface area (Å²) in [4.78, 5) is 0. The van der Waals surface area contributed by atoms with Crippen molar-refractivity contribution in [1.29, 1.82) is 0 Å². The van der Waals surface area contributed by atoms with Crippen molar-refractivity contribution in [1.82, 2.24) is 4.57 Å². The minimum absolute atomic E-state index is 0.0383. The monoisotopic (exact) mass is 686 g/mol. The molecule has 3 nitrogen and oxygen atoms in total. The van der Waals surface area contributed by atoms with Crippen LogP contribution in [0.2, 0.25) is 0 Å². The summed E-state index contributed by atoms with van der Waals surface area (Å²) in [5.74, 6) is 0. The predicted octanol–water partition coefficient (Wildman–Crippen LogP) is 11.9. The van der Waals surface area contributed by atoms with Crippen molar-refractivity contribution in [2.45, 2.75) is 59.3 Å². The van der Waals surface area contributed by atoms with Crippen LogP contribution in [0.1, 0.15) is 58.2 Å². The lowest BCUT2D eigenvalue weighted by atomic mass is 9.58. The van der Waals surface area contributed by atoms with Gasteiger partial charge in [-0.1, -0.05) is 126 Å². The highest BCUT2D eigenvalue weighted by atomic mass is 16.3. The minimum Gasteiger partial charge on any atom is -0.456 e. The number of fused-ring (bicyclic) bond motifs is 9. The van der Waals surface area contributed by atoms with Gasteiger partial charge in [0.15, 0.2) is 7.28 Å². The minimum atomic E-state index is 0.0383. The van der Waals surface area contributed by atoms with E-state index in [0.29, 0.717) is 0 Å². The number of anilines is 2. The summed E-state index contributed by atoms with van der Waals surface area (Å²) in [6, 6.07) is 45.0. The highest BCUT2D eigenvalue weighted by Crippen LogP contribution is 2.44. The Morgan fingerprint density at radius 2 is 1.34 bits per heavy atom. The average molecular weight is 687 g/mol. The maximum atomic E-state index is 6.48. The molecule has 0 fully saturated rings.